The van der Waals surface area contributed by atoms with Crippen LogP contribution >= 0.6 is 11.6 Å². The van der Waals surface area contributed by atoms with Crippen LogP contribution in [-0.2, 0) is 13.0 Å². The second kappa shape index (κ2) is 7.46. The number of halogens is 1. The summed E-state index contributed by atoms with van der Waals surface area (Å²) in [6, 6.07) is 0.215. The average molecular weight is 298 g/mol. The van der Waals surface area contributed by atoms with Gasteiger partial charge in [-0.1, -0.05) is 43.7 Å². The fraction of sp³-hybridized carbons (Fsp3) is 0.812. The van der Waals surface area contributed by atoms with Gasteiger partial charge in [0.05, 0.1) is 16.4 Å². The Bertz CT molecular complexity index is 420. The highest BCUT2D eigenvalue weighted by Gasteiger charge is 2.22. The van der Waals surface area contributed by atoms with E-state index in [0.717, 1.165) is 29.4 Å². The maximum absolute atomic E-state index is 6.50. The fourth-order valence-electron chi connectivity index (χ4n) is 3.37. The molecular formula is C16H28ClN3. The first-order chi connectivity index (χ1) is 9.63. The molecule has 2 N–H and O–H groups in total. The predicted octanol–water partition coefficient (Wildman–Crippen LogP) is 4.10. The third-order valence-electron chi connectivity index (χ3n) is 4.64. The van der Waals surface area contributed by atoms with Gasteiger partial charge in [-0.05, 0) is 32.6 Å². The van der Waals surface area contributed by atoms with E-state index >= 15 is 0 Å². The van der Waals surface area contributed by atoms with E-state index in [2.05, 4.69) is 12.0 Å². The van der Waals surface area contributed by atoms with Gasteiger partial charge >= 0.3 is 0 Å². The molecule has 0 amide bonds. The van der Waals surface area contributed by atoms with Crippen LogP contribution in [0.3, 0.4) is 0 Å². The first-order valence-corrected chi connectivity index (χ1v) is 8.48. The van der Waals surface area contributed by atoms with Gasteiger partial charge in [0, 0.05) is 19.0 Å². The van der Waals surface area contributed by atoms with Crippen molar-refractivity contribution in [3.8, 4) is 0 Å². The summed E-state index contributed by atoms with van der Waals surface area (Å²) in [4.78, 5) is 0. The summed E-state index contributed by atoms with van der Waals surface area (Å²) in [5.41, 5.74) is 8.55. The van der Waals surface area contributed by atoms with Crippen LogP contribution in [-0.4, -0.2) is 15.8 Å². The monoisotopic (exact) mass is 297 g/mol. The average Bonchev–Trinajstić information content (AvgIpc) is 2.66. The second-order valence-corrected chi connectivity index (χ2v) is 6.51. The first kappa shape index (κ1) is 15.8. The quantitative estimate of drug-likeness (QED) is 0.909. The van der Waals surface area contributed by atoms with Crippen molar-refractivity contribution in [3.63, 3.8) is 0 Å². The van der Waals surface area contributed by atoms with Crippen LogP contribution in [0.2, 0.25) is 5.02 Å². The lowest BCUT2D eigenvalue weighted by atomic mass is 9.84. The molecule has 1 fully saturated rings. The van der Waals surface area contributed by atoms with E-state index in [-0.39, 0.29) is 6.04 Å². The van der Waals surface area contributed by atoms with Crippen LogP contribution in [0.25, 0.3) is 0 Å². The molecule has 0 aromatic carbocycles. The van der Waals surface area contributed by atoms with Crippen LogP contribution in [0.15, 0.2) is 0 Å². The third-order valence-corrected chi connectivity index (χ3v) is 5.13. The van der Waals surface area contributed by atoms with Crippen molar-refractivity contribution in [2.75, 3.05) is 0 Å². The van der Waals surface area contributed by atoms with Crippen molar-refractivity contribution < 1.29 is 0 Å². The van der Waals surface area contributed by atoms with Gasteiger partial charge in [0.25, 0.3) is 0 Å². The molecule has 1 saturated carbocycles. The zero-order valence-electron chi connectivity index (χ0n) is 12.9. The van der Waals surface area contributed by atoms with Crippen LogP contribution in [0.4, 0.5) is 0 Å². The van der Waals surface area contributed by atoms with Gasteiger partial charge in [-0.15, -0.1) is 0 Å². The van der Waals surface area contributed by atoms with E-state index in [4.69, 9.17) is 17.3 Å². The maximum atomic E-state index is 6.50. The molecule has 1 heterocycles. The molecule has 1 aromatic rings. The number of rotatable bonds is 4. The summed E-state index contributed by atoms with van der Waals surface area (Å²) < 4.78 is 2.01. The number of hydrogen-bond donors (Lipinski definition) is 1. The van der Waals surface area contributed by atoms with E-state index in [1.807, 2.05) is 11.6 Å². The summed E-state index contributed by atoms with van der Waals surface area (Å²) >= 11 is 6.40. The minimum atomic E-state index is 0.215. The Morgan fingerprint density at radius 2 is 1.85 bits per heavy atom. The molecule has 1 aliphatic carbocycles. The fourth-order valence-corrected chi connectivity index (χ4v) is 3.58. The third kappa shape index (κ3) is 3.76. The van der Waals surface area contributed by atoms with Crippen molar-refractivity contribution in [3.05, 3.63) is 16.4 Å². The Kier molecular flexibility index (Phi) is 5.91. The molecule has 20 heavy (non-hydrogen) atoms. The number of aryl methyl sites for hydroxylation is 2. The van der Waals surface area contributed by atoms with Crippen LogP contribution in [0, 0.1) is 12.8 Å². The molecule has 3 nitrogen and oxygen atoms in total. The van der Waals surface area contributed by atoms with Gasteiger partial charge in [0.1, 0.15) is 0 Å². The molecule has 1 atom stereocenters. The van der Waals surface area contributed by atoms with Crippen molar-refractivity contribution >= 4 is 11.6 Å². The van der Waals surface area contributed by atoms with E-state index in [9.17, 15) is 0 Å². The Morgan fingerprint density at radius 3 is 2.45 bits per heavy atom. The number of nitrogens with two attached hydrogens (primary N) is 1. The summed E-state index contributed by atoms with van der Waals surface area (Å²) in [5, 5.41) is 5.30. The molecule has 4 heteroatoms. The highest BCUT2D eigenvalue weighted by Crippen LogP contribution is 2.28. The zero-order chi connectivity index (χ0) is 14.5. The van der Waals surface area contributed by atoms with Gasteiger partial charge in [0.2, 0.25) is 0 Å². The Labute approximate surface area is 127 Å². The smallest absolute Gasteiger partial charge is 0.0847 e. The summed E-state index contributed by atoms with van der Waals surface area (Å²) in [6.45, 7) is 4.94. The van der Waals surface area contributed by atoms with Crippen LogP contribution < -0.4 is 5.73 Å². The molecule has 1 aliphatic rings. The van der Waals surface area contributed by atoms with Gasteiger partial charge in [-0.2, -0.15) is 5.10 Å². The van der Waals surface area contributed by atoms with Crippen LogP contribution in [0.5, 0.6) is 0 Å². The molecule has 0 saturated heterocycles. The normalized spacial score (nSPS) is 19.6. The van der Waals surface area contributed by atoms with Crippen molar-refractivity contribution in [1.29, 1.82) is 0 Å². The molecular weight excluding hydrogens is 270 g/mol. The van der Waals surface area contributed by atoms with E-state index < -0.39 is 0 Å². The van der Waals surface area contributed by atoms with Gasteiger partial charge in [-0.25, -0.2) is 0 Å². The minimum Gasteiger partial charge on any atom is -0.327 e. The lowest BCUT2D eigenvalue weighted by Crippen LogP contribution is -2.33. The summed E-state index contributed by atoms with van der Waals surface area (Å²) in [5.74, 6) is 0.645. The van der Waals surface area contributed by atoms with Gasteiger partial charge < -0.3 is 5.73 Å². The van der Waals surface area contributed by atoms with E-state index in [0.29, 0.717) is 5.92 Å². The number of aromatic nitrogens is 2. The molecule has 1 unspecified atom stereocenters. The molecule has 1 aromatic heterocycles. The summed E-state index contributed by atoms with van der Waals surface area (Å²) in [7, 11) is 0. The maximum Gasteiger partial charge on any atom is 0.0847 e. The molecule has 0 radical (unpaired) electrons. The number of nitrogens with zero attached hydrogens (tertiary/aromatic N) is 2. The molecule has 0 aliphatic heterocycles. The van der Waals surface area contributed by atoms with E-state index in [1.165, 1.54) is 44.9 Å². The second-order valence-electron chi connectivity index (χ2n) is 6.14. The van der Waals surface area contributed by atoms with Crippen LogP contribution in [0.1, 0.15) is 63.3 Å². The first-order valence-electron chi connectivity index (χ1n) is 8.10. The van der Waals surface area contributed by atoms with E-state index in [1.54, 1.807) is 0 Å². The van der Waals surface area contributed by atoms with Crippen molar-refractivity contribution in [2.24, 2.45) is 11.7 Å². The van der Waals surface area contributed by atoms with Crippen molar-refractivity contribution in [2.45, 2.75) is 77.8 Å². The lowest BCUT2D eigenvalue weighted by Gasteiger charge is -2.26. The molecule has 114 valence electrons. The zero-order valence-corrected chi connectivity index (χ0v) is 13.6. The highest BCUT2D eigenvalue weighted by atomic mass is 35.5. The lowest BCUT2D eigenvalue weighted by molar-refractivity contribution is 0.318. The van der Waals surface area contributed by atoms with Gasteiger partial charge in [0.15, 0.2) is 0 Å². The Morgan fingerprint density at radius 1 is 1.25 bits per heavy atom. The van der Waals surface area contributed by atoms with Gasteiger partial charge in [-0.3, -0.25) is 4.68 Å². The Hall–Kier alpha value is -0.540. The Balaban J connectivity index is 2.04. The largest absolute Gasteiger partial charge is 0.327 e. The number of hydrogen-bond acceptors (Lipinski definition) is 2. The topological polar surface area (TPSA) is 43.8 Å². The standard InChI is InChI=1S/C16H28ClN3/c1-3-20-15(16(17)12(2)19-20)11-14(18)13-9-7-5-4-6-8-10-13/h13-14H,3-11,18H2,1-2H3. The molecule has 2 rings (SSSR count). The minimum absolute atomic E-state index is 0.215. The molecule has 0 bridgehead atoms. The van der Waals surface area contributed by atoms with Crippen molar-refractivity contribution in [1.82, 2.24) is 9.78 Å². The predicted molar refractivity (Wildman–Crippen MR) is 85.1 cm³/mol. The SMILES string of the molecule is CCn1nc(C)c(Cl)c1CC(N)C1CCCCCCC1. The summed E-state index contributed by atoms with van der Waals surface area (Å²) in [6.07, 6.45) is 10.2. The highest BCUT2D eigenvalue weighted by molar-refractivity contribution is 6.31. The molecule has 0 spiro atoms.